The number of benzene rings is 1. The highest BCUT2D eigenvalue weighted by molar-refractivity contribution is 6.62. The van der Waals surface area contributed by atoms with Crippen molar-refractivity contribution in [1.29, 1.82) is 0 Å². The first kappa shape index (κ1) is 19.4. The molecule has 1 aromatic carbocycles. The van der Waals surface area contributed by atoms with Crippen LogP contribution in [0, 0.1) is 0 Å². The van der Waals surface area contributed by atoms with Crippen LogP contribution >= 0.6 is 0 Å². The van der Waals surface area contributed by atoms with Gasteiger partial charge in [-0.05, 0) is 71.5 Å². The molecule has 5 heteroatoms. The van der Waals surface area contributed by atoms with Crippen molar-refractivity contribution in [3.8, 4) is 0 Å². The minimum Gasteiger partial charge on any atom is -0.399 e. The van der Waals surface area contributed by atoms with Crippen LogP contribution in [0.15, 0.2) is 24.3 Å². The second kappa shape index (κ2) is 6.58. The molecule has 0 amide bonds. The van der Waals surface area contributed by atoms with Crippen LogP contribution in [0.25, 0.3) is 0 Å². The van der Waals surface area contributed by atoms with Gasteiger partial charge in [0.05, 0.1) is 16.8 Å². The molecule has 3 aliphatic heterocycles. The molecular formula is C22H34BNO3. The van der Waals surface area contributed by atoms with Crippen molar-refractivity contribution in [3.63, 3.8) is 0 Å². The second-order valence-corrected chi connectivity index (χ2v) is 10.0. The van der Waals surface area contributed by atoms with Crippen LogP contribution in [0.5, 0.6) is 0 Å². The maximum Gasteiger partial charge on any atom is 0.494 e. The summed E-state index contributed by atoms with van der Waals surface area (Å²) in [6, 6.07) is 9.46. The lowest BCUT2D eigenvalue weighted by Gasteiger charge is -2.50. The fraction of sp³-hybridized carbons (Fsp3) is 0.727. The molecule has 4 rings (SSSR count). The topological polar surface area (TPSA) is 41.9 Å². The lowest BCUT2D eigenvalue weighted by molar-refractivity contribution is -0.0820. The van der Waals surface area contributed by atoms with Crippen LogP contribution in [0.3, 0.4) is 0 Å². The summed E-state index contributed by atoms with van der Waals surface area (Å²) in [6.45, 7) is 8.32. The summed E-state index contributed by atoms with van der Waals surface area (Å²) in [5.74, 6) is 0. The van der Waals surface area contributed by atoms with E-state index in [4.69, 9.17) is 9.31 Å². The first-order chi connectivity index (χ1) is 12.6. The van der Waals surface area contributed by atoms with Gasteiger partial charge in [-0.1, -0.05) is 30.7 Å². The van der Waals surface area contributed by atoms with Crippen molar-refractivity contribution in [3.05, 3.63) is 29.8 Å². The van der Waals surface area contributed by atoms with Gasteiger partial charge in [-0.2, -0.15) is 0 Å². The maximum atomic E-state index is 11.4. The Labute approximate surface area is 164 Å². The van der Waals surface area contributed by atoms with E-state index in [-0.39, 0.29) is 18.3 Å². The molecule has 1 N–H and O–H groups in total. The summed E-state index contributed by atoms with van der Waals surface area (Å²) in [6.07, 6.45) is 6.18. The third kappa shape index (κ3) is 3.60. The average molecular weight is 371 g/mol. The summed E-state index contributed by atoms with van der Waals surface area (Å²) in [5.41, 5.74) is 0.945. The van der Waals surface area contributed by atoms with Crippen LogP contribution in [0.4, 0.5) is 0 Å². The summed E-state index contributed by atoms with van der Waals surface area (Å²) in [5, 5.41) is 11.4. The zero-order valence-corrected chi connectivity index (χ0v) is 17.5. The van der Waals surface area contributed by atoms with E-state index in [2.05, 4.69) is 63.9 Å². The summed E-state index contributed by atoms with van der Waals surface area (Å²) in [7, 11) is 1.88. The van der Waals surface area contributed by atoms with Crippen LogP contribution in [-0.4, -0.2) is 53.1 Å². The molecule has 2 unspecified atom stereocenters. The third-order valence-corrected chi connectivity index (χ3v) is 7.47. The van der Waals surface area contributed by atoms with Crippen molar-refractivity contribution >= 4 is 12.6 Å². The van der Waals surface area contributed by atoms with Gasteiger partial charge in [-0.25, -0.2) is 0 Å². The lowest BCUT2D eigenvalue weighted by Crippen LogP contribution is -2.57. The predicted molar refractivity (Wildman–Crippen MR) is 109 cm³/mol. The Morgan fingerprint density at radius 1 is 1.07 bits per heavy atom. The van der Waals surface area contributed by atoms with Crippen molar-refractivity contribution in [2.24, 2.45) is 0 Å². The van der Waals surface area contributed by atoms with E-state index < -0.39 is 5.60 Å². The smallest absolute Gasteiger partial charge is 0.399 e. The molecule has 2 bridgehead atoms. The van der Waals surface area contributed by atoms with Crippen molar-refractivity contribution < 1.29 is 14.4 Å². The third-order valence-electron chi connectivity index (χ3n) is 7.47. The number of rotatable bonds is 3. The summed E-state index contributed by atoms with van der Waals surface area (Å²) < 4.78 is 12.4. The highest BCUT2D eigenvalue weighted by Crippen LogP contribution is 2.40. The van der Waals surface area contributed by atoms with Gasteiger partial charge < -0.3 is 19.3 Å². The Morgan fingerprint density at radius 2 is 1.67 bits per heavy atom. The van der Waals surface area contributed by atoms with Gasteiger partial charge in [0.2, 0.25) is 0 Å². The molecule has 3 fully saturated rings. The predicted octanol–water partition coefficient (Wildman–Crippen LogP) is 2.91. The van der Waals surface area contributed by atoms with E-state index in [1.807, 2.05) is 0 Å². The van der Waals surface area contributed by atoms with E-state index in [9.17, 15) is 5.11 Å². The van der Waals surface area contributed by atoms with Crippen LogP contribution in [0.1, 0.15) is 65.4 Å². The number of hydrogen-bond donors (Lipinski definition) is 1. The number of aliphatic hydroxyl groups is 1. The van der Waals surface area contributed by atoms with Crippen molar-refractivity contribution in [1.82, 2.24) is 4.90 Å². The van der Waals surface area contributed by atoms with Gasteiger partial charge in [0.1, 0.15) is 0 Å². The molecule has 27 heavy (non-hydrogen) atoms. The first-order valence-electron chi connectivity index (χ1n) is 10.5. The van der Waals surface area contributed by atoms with E-state index in [0.29, 0.717) is 18.5 Å². The molecule has 148 valence electrons. The Bertz CT molecular complexity index is 675. The van der Waals surface area contributed by atoms with Crippen LogP contribution in [-0.2, 0) is 15.7 Å². The summed E-state index contributed by atoms with van der Waals surface area (Å²) >= 11 is 0. The molecule has 0 aromatic heterocycles. The van der Waals surface area contributed by atoms with Gasteiger partial charge in [-0.15, -0.1) is 0 Å². The minimum absolute atomic E-state index is 0.336. The molecule has 2 atom stereocenters. The molecule has 0 spiro atoms. The van der Waals surface area contributed by atoms with E-state index in [1.165, 1.54) is 24.8 Å². The largest absolute Gasteiger partial charge is 0.494 e. The summed E-state index contributed by atoms with van der Waals surface area (Å²) in [4.78, 5) is 2.50. The van der Waals surface area contributed by atoms with E-state index >= 15 is 0 Å². The highest BCUT2D eigenvalue weighted by atomic mass is 16.7. The molecule has 3 aliphatic rings. The lowest BCUT2D eigenvalue weighted by atomic mass is 9.72. The van der Waals surface area contributed by atoms with Gasteiger partial charge in [0.15, 0.2) is 0 Å². The Morgan fingerprint density at radius 3 is 2.26 bits per heavy atom. The second-order valence-electron chi connectivity index (χ2n) is 10.0. The number of nitrogens with zero attached hydrogens (tertiary/aromatic N) is 1. The highest BCUT2D eigenvalue weighted by Gasteiger charge is 2.52. The SMILES string of the molecule is CN1C2CCCC1CC(O)(Cc1cccc(B3OC(C)(C)C(C)(C)O3)c1)C2. The van der Waals surface area contributed by atoms with E-state index in [1.54, 1.807) is 0 Å². The first-order valence-corrected chi connectivity index (χ1v) is 10.5. The fourth-order valence-electron chi connectivity index (χ4n) is 5.10. The zero-order valence-electron chi connectivity index (χ0n) is 17.5. The molecule has 0 saturated carbocycles. The Balaban J connectivity index is 1.51. The zero-order chi connectivity index (χ0) is 19.4. The van der Waals surface area contributed by atoms with Gasteiger partial charge in [0.25, 0.3) is 0 Å². The molecule has 0 aliphatic carbocycles. The molecule has 4 nitrogen and oxygen atoms in total. The van der Waals surface area contributed by atoms with E-state index in [0.717, 1.165) is 18.3 Å². The van der Waals surface area contributed by atoms with Gasteiger partial charge >= 0.3 is 7.12 Å². The molecule has 0 radical (unpaired) electrons. The Kier molecular flexibility index (Phi) is 4.74. The van der Waals surface area contributed by atoms with Crippen LogP contribution < -0.4 is 5.46 Å². The normalized spacial score (nSPS) is 35.4. The molecular weight excluding hydrogens is 337 g/mol. The molecule has 3 saturated heterocycles. The molecule has 1 aromatic rings. The van der Waals surface area contributed by atoms with Gasteiger partial charge in [0, 0.05) is 18.5 Å². The number of piperidine rings is 2. The van der Waals surface area contributed by atoms with Crippen molar-refractivity contribution in [2.75, 3.05) is 7.05 Å². The quantitative estimate of drug-likeness (QED) is 0.830. The number of fused-ring (bicyclic) bond motifs is 2. The van der Waals surface area contributed by atoms with Crippen LogP contribution in [0.2, 0.25) is 0 Å². The monoisotopic (exact) mass is 371 g/mol. The molecule has 3 heterocycles. The Hall–Kier alpha value is -0.875. The fourth-order valence-corrected chi connectivity index (χ4v) is 5.10. The maximum absolute atomic E-state index is 11.4. The standard InChI is InChI=1S/C22H34BNO3/c1-20(2)21(3,4)27-23(26-20)17-9-6-8-16(12-17)13-22(25)14-18-10-7-11-19(15-22)24(18)5/h6,8-9,12,18-19,25H,7,10-11,13-15H2,1-5H3. The average Bonchev–Trinajstić information content (AvgIpc) is 2.77. The number of hydrogen-bond acceptors (Lipinski definition) is 4. The van der Waals surface area contributed by atoms with Crippen molar-refractivity contribution in [2.45, 2.75) is 95.1 Å². The minimum atomic E-state index is -0.600. The van der Waals surface area contributed by atoms with Gasteiger partial charge in [-0.3, -0.25) is 0 Å².